The second kappa shape index (κ2) is 8.52. The number of carbonyl (C=O) groups excluding carboxylic acids is 2. The Bertz CT molecular complexity index is 1690. The smallest absolute Gasteiger partial charge is 0.343 e. The monoisotopic (exact) mass is 560 g/mol. The predicted octanol–water partition coefficient (Wildman–Crippen LogP) is 5.81. The molecule has 0 saturated carbocycles. The zero-order valence-electron chi connectivity index (χ0n) is 19.2. The van der Waals surface area contributed by atoms with Crippen LogP contribution in [-0.2, 0) is 4.79 Å². The van der Waals surface area contributed by atoms with Crippen LogP contribution in [0.3, 0.4) is 0 Å². The van der Waals surface area contributed by atoms with Gasteiger partial charge in [-0.25, -0.2) is 9.18 Å². The fourth-order valence-electron chi connectivity index (χ4n) is 5.49. The van der Waals surface area contributed by atoms with Crippen molar-refractivity contribution in [3.63, 3.8) is 0 Å². The molecule has 6 nitrogen and oxygen atoms in total. The predicted molar refractivity (Wildman–Crippen MR) is 136 cm³/mol. The summed E-state index contributed by atoms with van der Waals surface area (Å²) in [5.74, 6) is -3.79. The van der Waals surface area contributed by atoms with Crippen LogP contribution in [-0.4, -0.2) is 18.4 Å². The van der Waals surface area contributed by atoms with Crippen LogP contribution in [0, 0.1) is 17.2 Å². The standard InChI is InChI=1S/C29H18BrFO6/c1-2-15-14-35-25-18-7-3-5-9-21(18)36-27(33)23(25)24(17-12-11-16(31)13-20(17)30)29(15)26(32)19-8-4-6-10-22(19)37-28(29)34/h2-13,15,24H,1,14H2/t15-,24-,29+/m0/s1. The van der Waals surface area contributed by atoms with Crippen molar-refractivity contribution in [1.82, 2.24) is 0 Å². The maximum absolute atomic E-state index is 14.4. The summed E-state index contributed by atoms with van der Waals surface area (Å²) in [5.41, 5.74) is -1.99. The minimum Gasteiger partial charge on any atom is -0.492 e. The third kappa shape index (κ3) is 3.25. The van der Waals surface area contributed by atoms with Gasteiger partial charge in [0.25, 0.3) is 0 Å². The van der Waals surface area contributed by atoms with Crippen LogP contribution in [0.25, 0.3) is 11.0 Å². The molecular weight excluding hydrogens is 543 g/mol. The summed E-state index contributed by atoms with van der Waals surface area (Å²) in [5, 5.41) is 0.497. The molecular formula is C29H18BrFO6. The second-order valence-corrected chi connectivity index (χ2v) is 9.82. The summed E-state index contributed by atoms with van der Waals surface area (Å²) in [6, 6.07) is 17.1. The first-order valence-corrected chi connectivity index (χ1v) is 12.3. The van der Waals surface area contributed by atoms with Crippen molar-refractivity contribution in [3.05, 3.63) is 117 Å². The molecule has 0 N–H and O–H groups in total. The average molecular weight is 561 g/mol. The van der Waals surface area contributed by atoms with Gasteiger partial charge in [-0.1, -0.05) is 52.3 Å². The lowest BCUT2D eigenvalue weighted by Gasteiger charge is -2.42. The van der Waals surface area contributed by atoms with Gasteiger partial charge in [0.2, 0.25) is 0 Å². The molecule has 6 rings (SSSR count). The first kappa shape index (κ1) is 23.4. The Balaban J connectivity index is 1.78. The fraction of sp³-hybridized carbons (Fsp3) is 0.138. The summed E-state index contributed by atoms with van der Waals surface area (Å²) >= 11 is 3.40. The van der Waals surface area contributed by atoms with Gasteiger partial charge in [-0.2, -0.15) is 0 Å². The number of hydrogen-bond donors (Lipinski definition) is 0. The van der Waals surface area contributed by atoms with Crippen molar-refractivity contribution in [2.45, 2.75) is 5.92 Å². The van der Waals surface area contributed by atoms with Crippen LogP contribution in [0.5, 0.6) is 11.5 Å². The molecule has 1 aromatic heterocycles. The fourth-order valence-corrected chi connectivity index (χ4v) is 6.07. The Hall–Kier alpha value is -4.04. The van der Waals surface area contributed by atoms with Gasteiger partial charge >= 0.3 is 11.6 Å². The molecule has 0 fully saturated rings. The van der Waals surface area contributed by atoms with Crippen molar-refractivity contribution >= 4 is 38.7 Å². The molecule has 3 heterocycles. The summed E-state index contributed by atoms with van der Waals surface area (Å²) in [7, 11) is 0. The Morgan fingerprint density at radius 2 is 1.78 bits per heavy atom. The molecule has 0 amide bonds. The molecule has 0 bridgehead atoms. The van der Waals surface area contributed by atoms with E-state index in [1.54, 1.807) is 42.5 Å². The number of halogens is 2. The Kier molecular flexibility index (Phi) is 5.38. The normalized spacial score (nSPS) is 22.5. The second-order valence-electron chi connectivity index (χ2n) is 8.96. The number of para-hydroxylation sites is 2. The van der Waals surface area contributed by atoms with Crippen LogP contribution in [0.4, 0.5) is 4.39 Å². The van der Waals surface area contributed by atoms with E-state index in [4.69, 9.17) is 13.9 Å². The molecule has 37 heavy (non-hydrogen) atoms. The van der Waals surface area contributed by atoms with E-state index in [-0.39, 0.29) is 39.3 Å². The van der Waals surface area contributed by atoms with Crippen molar-refractivity contribution in [2.24, 2.45) is 11.3 Å². The number of fused-ring (bicyclic) bond motifs is 4. The summed E-state index contributed by atoms with van der Waals surface area (Å²) in [4.78, 5) is 42.1. The number of benzene rings is 3. The Labute approximate surface area is 218 Å². The van der Waals surface area contributed by atoms with Gasteiger partial charge in [0.15, 0.2) is 11.2 Å². The number of esters is 1. The van der Waals surface area contributed by atoms with Crippen molar-refractivity contribution < 1.29 is 27.9 Å². The highest BCUT2D eigenvalue weighted by atomic mass is 79.9. The van der Waals surface area contributed by atoms with Gasteiger partial charge in [0, 0.05) is 16.3 Å². The number of rotatable bonds is 2. The number of Topliss-reactive ketones (excluding diaryl/α,β-unsaturated/α-hetero) is 1. The molecule has 2 aliphatic rings. The number of carbonyl (C=O) groups is 2. The molecule has 0 radical (unpaired) electrons. The minimum atomic E-state index is -1.99. The van der Waals surface area contributed by atoms with E-state index < -0.39 is 40.4 Å². The molecule has 0 aliphatic carbocycles. The lowest BCUT2D eigenvalue weighted by atomic mass is 9.58. The molecule has 3 aromatic carbocycles. The van der Waals surface area contributed by atoms with Crippen LogP contribution >= 0.6 is 15.9 Å². The quantitative estimate of drug-likeness (QED) is 0.101. The maximum Gasteiger partial charge on any atom is 0.343 e. The number of ether oxygens (including phenoxy) is 2. The molecule has 8 heteroatoms. The summed E-state index contributed by atoms with van der Waals surface area (Å²) in [6.45, 7) is 3.76. The van der Waals surface area contributed by atoms with E-state index >= 15 is 0 Å². The third-order valence-corrected chi connectivity index (χ3v) is 7.83. The Morgan fingerprint density at radius 1 is 1.03 bits per heavy atom. The van der Waals surface area contributed by atoms with Crippen LogP contribution < -0.4 is 15.1 Å². The Morgan fingerprint density at radius 3 is 2.57 bits per heavy atom. The SMILES string of the molecule is C=C[C@H]1COc2c(c(=O)oc3ccccc23)[C@H](c2ccc(F)cc2Br)[C@]12C(=O)Oc1ccccc1C2=O. The first-order valence-electron chi connectivity index (χ1n) is 11.5. The topological polar surface area (TPSA) is 82.8 Å². The van der Waals surface area contributed by atoms with Gasteiger partial charge in [0.05, 0.1) is 23.1 Å². The van der Waals surface area contributed by atoms with E-state index in [1.807, 2.05) is 0 Å². The van der Waals surface area contributed by atoms with Gasteiger partial charge < -0.3 is 13.9 Å². The lowest BCUT2D eigenvalue weighted by Crippen LogP contribution is -2.55. The van der Waals surface area contributed by atoms with Gasteiger partial charge in [-0.3, -0.25) is 9.59 Å². The van der Waals surface area contributed by atoms with Gasteiger partial charge in [-0.15, -0.1) is 6.58 Å². The maximum atomic E-state index is 14.4. The minimum absolute atomic E-state index is 0.0277. The van der Waals surface area contributed by atoms with Crippen molar-refractivity contribution in [1.29, 1.82) is 0 Å². The highest BCUT2D eigenvalue weighted by Gasteiger charge is 2.64. The molecule has 184 valence electrons. The van der Waals surface area contributed by atoms with E-state index in [2.05, 4.69) is 22.5 Å². The van der Waals surface area contributed by atoms with E-state index in [0.29, 0.717) is 10.9 Å². The summed E-state index contributed by atoms with van der Waals surface area (Å²) in [6.07, 6.45) is 1.47. The highest BCUT2D eigenvalue weighted by Crippen LogP contribution is 2.57. The molecule has 0 saturated heterocycles. The molecule has 1 spiro atoms. The van der Waals surface area contributed by atoms with Crippen LogP contribution in [0.1, 0.15) is 27.4 Å². The largest absolute Gasteiger partial charge is 0.492 e. The zero-order chi connectivity index (χ0) is 25.9. The van der Waals surface area contributed by atoms with Crippen molar-refractivity contribution in [3.8, 4) is 11.5 Å². The molecule has 3 atom stereocenters. The van der Waals surface area contributed by atoms with E-state index in [0.717, 1.165) is 0 Å². The zero-order valence-corrected chi connectivity index (χ0v) is 20.8. The van der Waals surface area contributed by atoms with E-state index in [9.17, 15) is 18.8 Å². The molecule has 4 aromatic rings. The lowest BCUT2D eigenvalue weighted by molar-refractivity contribution is -0.147. The third-order valence-electron chi connectivity index (χ3n) is 7.14. The molecule has 0 unspecified atom stereocenters. The van der Waals surface area contributed by atoms with Gasteiger partial charge in [0.1, 0.15) is 22.9 Å². The van der Waals surface area contributed by atoms with Crippen molar-refractivity contribution in [2.75, 3.05) is 6.61 Å². The van der Waals surface area contributed by atoms with Gasteiger partial charge in [-0.05, 0) is 42.0 Å². The summed E-state index contributed by atoms with van der Waals surface area (Å²) < 4.78 is 32.1. The highest BCUT2D eigenvalue weighted by molar-refractivity contribution is 9.10. The number of ketones is 1. The van der Waals surface area contributed by atoms with Crippen LogP contribution in [0.2, 0.25) is 0 Å². The number of hydrogen-bond acceptors (Lipinski definition) is 6. The van der Waals surface area contributed by atoms with E-state index in [1.165, 1.54) is 30.3 Å². The van der Waals surface area contributed by atoms with Crippen LogP contribution in [0.15, 0.2) is 93.1 Å². The molecule has 2 aliphatic heterocycles. The average Bonchev–Trinajstić information content (AvgIpc) is 3.04. The first-order chi connectivity index (χ1) is 17.9.